The summed E-state index contributed by atoms with van der Waals surface area (Å²) >= 11 is 0.812. The van der Waals surface area contributed by atoms with Crippen LogP contribution in [0.1, 0.15) is 18.4 Å². The van der Waals surface area contributed by atoms with Gasteiger partial charge in [0.2, 0.25) is 5.91 Å². The lowest BCUT2D eigenvalue weighted by Crippen LogP contribution is -2.38. The minimum absolute atomic E-state index is 0.0563. The predicted molar refractivity (Wildman–Crippen MR) is 105 cm³/mol. The zero-order valence-electron chi connectivity index (χ0n) is 15.2. The van der Waals surface area contributed by atoms with Crippen LogP contribution in [0.15, 0.2) is 29.2 Å². The number of hydrogen-bond acceptors (Lipinski definition) is 7. The number of carbonyl (C=O) groups excluding carboxylic acids is 3. The summed E-state index contributed by atoms with van der Waals surface area (Å²) in [6.45, 7) is -0.0563. The van der Waals surface area contributed by atoms with Gasteiger partial charge in [0.05, 0.1) is 23.5 Å². The first-order valence-electron chi connectivity index (χ1n) is 8.67. The number of rotatable bonds is 6. The normalized spacial score (nSPS) is 22.7. The Hall–Kier alpha value is -2.33. The molecule has 2 saturated heterocycles. The summed E-state index contributed by atoms with van der Waals surface area (Å²) < 4.78 is 28.1. The third-order valence-electron chi connectivity index (χ3n) is 4.46. The molecule has 10 heteroatoms. The van der Waals surface area contributed by atoms with Crippen molar-refractivity contribution in [2.75, 3.05) is 25.2 Å². The Morgan fingerprint density at radius 1 is 1.36 bits per heavy atom. The average molecular weight is 425 g/mol. The Balaban J connectivity index is 1.59. The van der Waals surface area contributed by atoms with Gasteiger partial charge in [0.15, 0.2) is 9.84 Å². The number of amides is 3. The summed E-state index contributed by atoms with van der Waals surface area (Å²) in [5.74, 6) is -0.260. The van der Waals surface area contributed by atoms with Crippen LogP contribution in [0, 0.1) is 0 Å². The zero-order chi connectivity index (χ0) is 20.3. The van der Waals surface area contributed by atoms with Gasteiger partial charge in [0.25, 0.3) is 11.1 Å². The van der Waals surface area contributed by atoms with Crippen molar-refractivity contribution in [2.24, 2.45) is 0 Å². The molecule has 2 fully saturated rings. The maximum absolute atomic E-state index is 12.5. The van der Waals surface area contributed by atoms with E-state index in [4.69, 9.17) is 4.74 Å². The van der Waals surface area contributed by atoms with E-state index < -0.39 is 27.0 Å². The first-order valence-corrected chi connectivity index (χ1v) is 11.3. The summed E-state index contributed by atoms with van der Waals surface area (Å²) in [6, 6.07) is 6.72. The number of thioether (sulfide) groups is 1. The van der Waals surface area contributed by atoms with E-state index in [1.54, 1.807) is 30.3 Å². The summed E-state index contributed by atoms with van der Waals surface area (Å²) in [4.78, 5) is 38.0. The minimum atomic E-state index is -3.09. The third kappa shape index (κ3) is 4.74. The summed E-state index contributed by atoms with van der Waals surface area (Å²) in [5, 5.41) is 2.21. The van der Waals surface area contributed by atoms with Gasteiger partial charge < -0.3 is 10.1 Å². The van der Waals surface area contributed by atoms with Gasteiger partial charge >= 0.3 is 0 Å². The van der Waals surface area contributed by atoms with Crippen LogP contribution in [-0.4, -0.2) is 61.6 Å². The van der Waals surface area contributed by atoms with Crippen molar-refractivity contribution in [1.82, 2.24) is 10.2 Å². The molecule has 1 unspecified atom stereocenters. The molecule has 0 saturated carbocycles. The first-order chi connectivity index (χ1) is 13.3. The molecule has 3 rings (SSSR count). The molecule has 1 atom stereocenters. The number of methoxy groups -OCH3 is 1. The maximum Gasteiger partial charge on any atom is 0.293 e. The molecule has 28 heavy (non-hydrogen) atoms. The lowest BCUT2D eigenvalue weighted by molar-refractivity contribution is -0.124. The highest BCUT2D eigenvalue weighted by Crippen LogP contribution is 2.33. The monoisotopic (exact) mass is 424 g/mol. The van der Waals surface area contributed by atoms with Crippen LogP contribution in [0.3, 0.4) is 0 Å². The lowest BCUT2D eigenvalue weighted by Gasteiger charge is -2.14. The van der Waals surface area contributed by atoms with Crippen LogP contribution in [-0.2, 0) is 19.4 Å². The van der Waals surface area contributed by atoms with Gasteiger partial charge in [-0.15, -0.1) is 0 Å². The smallest absolute Gasteiger partial charge is 0.293 e. The maximum atomic E-state index is 12.5. The van der Waals surface area contributed by atoms with E-state index in [-0.39, 0.29) is 35.3 Å². The van der Waals surface area contributed by atoms with Crippen molar-refractivity contribution in [1.29, 1.82) is 0 Å². The predicted octanol–water partition coefficient (Wildman–Crippen LogP) is 1.42. The van der Waals surface area contributed by atoms with Crippen molar-refractivity contribution in [2.45, 2.75) is 18.9 Å². The molecular weight excluding hydrogens is 404 g/mol. The molecule has 1 aromatic rings. The van der Waals surface area contributed by atoms with Gasteiger partial charge in [-0.05, 0) is 30.3 Å². The minimum Gasteiger partial charge on any atom is -0.496 e. The number of benzene rings is 1. The fraction of sp³-hybridized carbons (Fsp3) is 0.389. The van der Waals surface area contributed by atoms with Gasteiger partial charge in [0, 0.05) is 24.6 Å². The largest absolute Gasteiger partial charge is 0.496 e. The molecule has 0 spiro atoms. The number of nitrogens with one attached hydrogen (secondary N) is 1. The van der Waals surface area contributed by atoms with E-state index in [1.165, 1.54) is 7.11 Å². The quantitative estimate of drug-likeness (QED) is 0.688. The van der Waals surface area contributed by atoms with Crippen LogP contribution in [0.2, 0.25) is 0 Å². The van der Waals surface area contributed by atoms with Crippen molar-refractivity contribution >= 4 is 44.7 Å². The van der Waals surface area contributed by atoms with Gasteiger partial charge in [-0.2, -0.15) is 0 Å². The van der Waals surface area contributed by atoms with Crippen LogP contribution in [0.25, 0.3) is 6.08 Å². The molecule has 1 aromatic carbocycles. The number of sulfone groups is 1. The fourth-order valence-electron chi connectivity index (χ4n) is 3.04. The second-order valence-electron chi connectivity index (χ2n) is 6.49. The molecular formula is C18H20N2O6S2. The SMILES string of the molecule is COc1ccccc1C=C1SC(=O)N(CCC(=O)NC2CCS(=O)(=O)C2)C1=O. The summed E-state index contributed by atoms with van der Waals surface area (Å²) in [6.07, 6.45) is 1.90. The van der Waals surface area contributed by atoms with Gasteiger partial charge in [-0.1, -0.05) is 18.2 Å². The number of carbonyl (C=O) groups is 3. The van der Waals surface area contributed by atoms with E-state index in [1.807, 2.05) is 0 Å². The number of ether oxygens (including phenoxy) is 1. The highest BCUT2D eigenvalue weighted by Gasteiger charge is 2.35. The van der Waals surface area contributed by atoms with E-state index in [9.17, 15) is 22.8 Å². The molecule has 2 aliphatic heterocycles. The number of hydrogen-bond donors (Lipinski definition) is 1. The third-order valence-corrected chi connectivity index (χ3v) is 7.13. The second-order valence-corrected chi connectivity index (χ2v) is 9.71. The molecule has 1 N–H and O–H groups in total. The molecule has 2 heterocycles. The number of para-hydroxylation sites is 1. The van der Waals surface area contributed by atoms with Crippen molar-refractivity contribution in [3.63, 3.8) is 0 Å². The van der Waals surface area contributed by atoms with Crippen molar-refractivity contribution < 1.29 is 27.5 Å². The Bertz CT molecular complexity index is 941. The summed E-state index contributed by atoms with van der Waals surface area (Å²) in [5.41, 5.74) is 0.677. The molecule has 2 aliphatic rings. The molecule has 0 bridgehead atoms. The highest BCUT2D eigenvalue weighted by atomic mass is 32.2. The van der Waals surface area contributed by atoms with E-state index in [0.29, 0.717) is 17.7 Å². The van der Waals surface area contributed by atoms with Crippen LogP contribution in [0.4, 0.5) is 4.79 Å². The highest BCUT2D eigenvalue weighted by molar-refractivity contribution is 8.18. The van der Waals surface area contributed by atoms with Crippen molar-refractivity contribution in [3.8, 4) is 5.75 Å². The number of imide groups is 1. The van der Waals surface area contributed by atoms with Gasteiger partial charge in [-0.25, -0.2) is 8.42 Å². The molecule has 0 radical (unpaired) electrons. The Morgan fingerprint density at radius 2 is 2.11 bits per heavy atom. The second kappa shape index (κ2) is 8.36. The molecule has 0 aliphatic carbocycles. The molecule has 3 amide bonds. The first kappa shape index (κ1) is 20.4. The Kier molecular flexibility index (Phi) is 6.09. The van der Waals surface area contributed by atoms with Crippen LogP contribution in [0.5, 0.6) is 5.75 Å². The van der Waals surface area contributed by atoms with Gasteiger partial charge in [-0.3, -0.25) is 19.3 Å². The van der Waals surface area contributed by atoms with Crippen LogP contribution >= 0.6 is 11.8 Å². The summed E-state index contributed by atoms with van der Waals surface area (Å²) in [7, 11) is -1.57. The van der Waals surface area contributed by atoms with Crippen LogP contribution < -0.4 is 10.1 Å². The van der Waals surface area contributed by atoms with Crippen molar-refractivity contribution in [3.05, 3.63) is 34.7 Å². The standard InChI is InChI=1S/C18H20N2O6S2/c1-26-14-5-3-2-4-12(14)10-15-17(22)20(18(23)27-15)8-6-16(21)19-13-7-9-28(24,25)11-13/h2-5,10,13H,6-9,11H2,1H3,(H,19,21). The Labute approximate surface area is 167 Å². The topological polar surface area (TPSA) is 110 Å². The molecule has 150 valence electrons. The van der Waals surface area contributed by atoms with Gasteiger partial charge in [0.1, 0.15) is 5.75 Å². The van der Waals surface area contributed by atoms with E-state index >= 15 is 0 Å². The van der Waals surface area contributed by atoms with E-state index in [2.05, 4.69) is 5.32 Å². The average Bonchev–Trinajstić information content (AvgIpc) is 3.12. The lowest BCUT2D eigenvalue weighted by atomic mass is 10.2. The number of nitrogens with zero attached hydrogens (tertiary/aromatic N) is 1. The van der Waals surface area contributed by atoms with E-state index in [0.717, 1.165) is 16.7 Å². The fourth-order valence-corrected chi connectivity index (χ4v) is 5.57. The molecule has 0 aromatic heterocycles. The zero-order valence-corrected chi connectivity index (χ0v) is 16.8. The molecule has 8 nitrogen and oxygen atoms in total. The Morgan fingerprint density at radius 3 is 2.79 bits per heavy atom.